The van der Waals surface area contributed by atoms with Gasteiger partial charge >= 0.3 is 0 Å². The van der Waals surface area contributed by atoms with Gasteiger partial charge in [-0.2, -0.15) is 0 Å². The average molecular weight is 354 g/mol. The van der Waals surface area contributed by atoms with Crippen molar-refractivity contribution in [1.82, 2.24) is 15.5 Å². The first kappa shape index (κ1) is 19.8. The Morgan fingerprint density at radius 1 is 1.04 bits per heavy atom. The highest BCUT2D eigenvalue weighted by molar-refractivity contribution is 5.79. The summed E-state index contributed by atoms with van der Waals surface area (Å²) in [5.41, 5.74) is 2.40. The molecule has 0 spiro atoms. The number of hydrogen-bond acceptors (Lipinski definition) is 3. The number of nitrogens with one attached hydrogen (secondary N) is 2. The smallest absolute Gasteiger partial charge is 0.191 e. The Morgan fingerprint density at radius 2 is 1.73 bits per heavy atom. The summed E-state index contributed by atoms with van der Waals surface area (Å²) < 4.78 is 5.68. The maximum absolute atomic E-state index is 5.68. The van der Waals surface area contributed by atoms with E-state index in [1.807, 2.05) is 31.2 Å². The molecule has 0 aliphatic heterocycles. The fourth-order valence-corrected chi connectivity index (χ4v) is 2.81. The minimum absolute atomic E-state index is 0.269. The van der Waals surface area contributed by atoms with Gasteiger partial charge < -0.3 is 20.3 Å². The standard InChI is InChI=1S/C21H30N4O/c1-5-26-20-14-10-9-13-18(20)15-23-21(22-2)24-16-19(25(3)4)17-11-7-6-8-12-17/h6-14,19H,5,15-16H2,1-4H3,(H2,22,23,24). The van der Waals surface area contributed by atoms with Gasteiger partial charge in [0.25, 0.3) is 0 Å². The lowest BCUT2D eigenvalue weighted by atomic mass is 10.1. The van der Waals surface area contributed by atoms with Crippen LogP contribution in [0.4, 0.5) is 0 Å². The first-order chi connectivity index (χ1) is 12.7. The van der Waals surface area contributed by atoms with Gasteiger partial charge in [0.1, 0.15) is 5.75 Å². The molecule has 0 heterocycles. The van der Waals surface area contributed by atoms with Crippen molar-refractivity contribution >= 4 is 5.96 Å². The molecular weight excluding hydrogens is 324 g/mol. The van der Waals surface area contributed by atoms with Gasteiger partial charge in [0, 0.05) is 25.7 Å². The molecule has 0 aromatic heterocycles. The van der Waals surface area contributed by atoms with Crippen LogP contribution in [-0.4, -0.2) is 45.2 Å². The molecule has 0 aliphatic carbocycles. The number of hydrogen-bond donors (Lipinski definition) is 2. The topological polar surface area (TPSA) is 48.9 Å². The Bertz CT molecular complexity index is 685. The van der Waals surface area contributed by atoms with Crippen LogP contribution >= 0.6 is 0 Å². The second-order valence-electron chi connectivity index (χ2n) is 6.24. The molecule has 1 unspecified atom stereocenters. The highest BCUT2D eigenvalue weighted by atomic mass is 16.5. The Hall–Kier alpha value is -2.53. The van der Waals surface area contributed by atoms with E-state index in [0.29, 0.717) is 13.2 Å². The molecule has 0 radical (unpaired) electrons. The van der Waals surface area contributed by atoms with Crippen LogP contribution in [0.15, 0.2) is 59.6 Å². The lowest BCUT2D eigenvalue weighted by Crippen LogP contribution is -2.41. The van der Waals surface area contributed by atoms with Crippen LogP contribution < -0.4 is 15.4 Å². The molecule has 140 valence electrons. The van der Waals surface area contributed by atoms with Gasteiger partial charge in [-0.05, 0) is 32.6 Å². The maximum Gasteiger partial charge on any atom is 0.191 e. The summed E-state index contributed by atoms with van der Waals surface area (Å²) in [5, 5.41) is 6.80. The molecule has 0 bridgehead atoms. The van der Waals surface area contributed by atoms with Gasteiger partial charge in [0.15, 0.2) is 5.96 Å². The zero-order valence-corrected chi connectivity index (χ0v) is 16.2. The van der Waals surface area contributed by atoms with E-state index in [4.69, 9.17) is 4.74 Å². The van der Waals surface area contributed by atoms with Crippen molar-refractivity contribution < 1.29 is 4.74 Å². The van der Waals surface area contributed by atoms with Crippen LogP contribution in [0.2, 0.25) is 0 Å². The van der Waals surface area contributed by atoms with Crippen LogP contribution in [0.25, 0.3) is 0 Å². The SMILES string of the molecule is CCOc1ccccc1CNC(=NC)NCC(c1ccccc1)N(C)C. The van der Waals surface area contributed by atoms with E-state index in [2.05, 4.69) is 65.0 Å². The molecule has 2 N–H and O–H groups in total. The van der Waals surface area contributed by atoms with Crippen molar-refractivity contribution in [3.63, 3.8) is 0 Å². The van der Waals surface area contributed by atoms with Crippen LogP contribution in [-0.2, 0) is 6.54 Å². The van der Waals surface area contributed by atoms with Gasteiger partial charge in [0.05, 0.1) is 12.6 Å². The van der Waals surface area contributed by atoms with E-state index in [-0.39, 0.29) is 6.04 Å². The highest BCUT2D eigenvalue weighted by Gasteiger charge is 2.14. The molecule has 0 amide bonds. The van der Waals surface area contributed by atoms with E-state index in [1.165, 1.54) is 5.56 Å². The largest absolute Gasteiger partial charge is 0.494 e. The van der Waals surface area contributed by atoms with Gasteiger partial charge in [-0.15, -0.1) is 0 Å². The lowest BCUT2D eigenvalue weighted by molar-refractivity contribution is 0.298. The highest BCUT2D eigenvalue weighted by Crippen LogP contribution is 2.18. The van der Waals surface area contributed by atoms with Crippen LogP contribution in [0.5, 0.6) is 5.75 Å². The van der Waals surface area contributed by atoms with Gasteiger partial charge in [-0.3, -0.25) is 4.99 Å². The third kappa shape index (κ3) is 5.77. The van der Waals surface area contributed by atoms with Crippen molar-refractivity contribution in [2.45, 2.75) is 19.5 Å². The summed E-state index contributed by atoms with van der Waals surface area (Å²) in [4.78, 5) is 6.55. The summed E-state index contributed by atoms with van der Waals surface area (Å²) in [5.74, 6) is 1.69. The second-order valence-corrected chi connectivity index (χ2v) is 6.24. The zero-order chi connectivity index (χ0) is 18.8. The summed E-state index contributed by atoms with van der Waals surface area (Å²) in [6.45, 7) is 4.08. The number of para-hydroxylation sites is 1. The predicted octanol–water partition coefficient (Wildman–Crippen LogP) is 3.05. The normalized spacial score (nSPS) is 12.7. The zero-order valence-electron chi connectivity index (χ0n) is 16.2. The Kier molecular flexibility index (Phi) is 7.96. The first-order valence-corrected chi connectivity index (χ1v) is 9.02. The van der Waals surface area contributed by atoms with Gasteiger partial charge in [-0.1, -0.05) is 48.5 Å². The lowest BCUT2D eigenvalue weighted by Gasteiger charge is -2.26. The quantitative estimate of drug-likeness (QED) is 0.565. The number of guanidine groups is 1. The maximum atomic E-state index is 5.68. The Morgan fingerprint density at radius 3 is 2.38 bits per heavy atom. The fourth-order valence-electron chi connectivity index (χ4n) is 2.81. The molecule has 0 aliphatic rings. The van der Waals surface area contributed by atoms with Crippen LogP contribution in [0.3, 0.4) is 0 Å². The number of aliphatic imine (C=N–C) groups is 1. The molecule has 2 rings (SSSR count). The minimum Gasteiger partial charge on any atom is -0.494 e. The molecular formula is C21H30N4O. The second kappa shape index (κ2) is 10.5. The summed E-state index contributed by atoms with van der Waals surface area (Å²) >= 11 is 0. The van der Waals surface area contributed by atoms with E-state index >= 15 is 0 Å². The summed E-state index contributed by atoms with van der Waals surface area (Å²) in [7, 11) is 5.97. The molecule has 5 heteroatoms. The summed E-state index contributed by atoms with van der Waals surface area (Å²) in [6, 6.07) is 18.8. The molecule has 2 aromatic rings. The minimum atomic E-state index is 0.269. The third-order valence-corrected chi connectivity index (χ3v) is 4.21. The van der Waals surface area contributed by atoms with Gasteiger partial charge in [-0.25, -0.2) is 0 Å². The number of ether oxygens (including phenoxy) is 1. The molecule has 0 saturated carbocycles. The molecule has 0 fully saturated rings. The van der Waals surface area contributed by atoms with E-state index in [9.17, 15) is 0 Å². The van der Waals surface area contributed by atoms with E-state index < -0.39 is 0 Å². The fraction of sp³-hybridized carbons (Fsp3) is 0.381. The van der Waals surface area contributed by atoms with Crippen LogP contribution in [0, 0.1) is 0 Å². The molecule has 26 heavy (non-hydrogen) atoms. The van der Waals surface area contributed by atoms with Crippen LogP contribution in [0.1, 0.15) is 24.1 Å². The predicted molar refractivity (Wildman–Crippen MR) is 109 cm³/mol. The van der Waals surface area contributed by atoms with Crippen molar-refractivity contribution in [1.29, 1.82) is 0 Å². The van der Waals surface area contributed by atoms with Crippen molar-refractivity contribution in [2.75, 3.05) is 34.3 Å². The Balaban J connectivity index is 1.95. The van der Waals surface area contributed by atoms with E-state index in [0.717, 1.165) is 23.8 Å². The average Bonchev–Trinajstić information content (AvgIpc) is 2.66. The molecule has 0 saturated heterocycles. The van der Waals surface area contributed by atoms with E-state index in [1.54, 1.807) is 7.05 Å². The summed E-state index contributed by atoms with van der Waals surface area (Å²) in [6.07, 6.45) is 0. The first-order valence-electron chi connectivity index (χ1n) is 9.02. The number of nitrogens with zero attached hydrogens (tertiary/aromatic N) is 2. The number of likely N-dealkylation sites (N-methyl/N-ethyl adjacent to an activating group) is 1. The van der Waals surface area contributed by atoms with Crippen molar-refractivity contribution in [3.05, 3.63) is 65.7 Å². The van der Waals surface area contributed by atoms with Gasteiger partial charge in [0.2, 0.25) is 0 Å². The molecule has 2 aromatic carbocycles. The third-order valence-electron chi connectivity index (χ3n) is 4.21. The van der Waals surface area contributed by atoms with Crippen molar-refractivity contribution in [3.8, 4) is 5.75 Å². The molecule has 1 atom stereocenters. The number of benzene rings is 2. The monoisotopic (exact) mass is 354 g/mol. The Labute approximate surface area is 157 Å². The number of rotatable bonds is 8. The molecule has 5 nitrogen and oxygen atoms in total. The van der Waals surface area contributed by atoms with Crippen molar-refractivity contribution in [2.24, 2.45) is 4.99 Å².